The Morgan fingerprint density at radius 1 is 1.13 bits per heavy atom. The van der Waals surface area contributed by atoms with Crippen molar-refractivity contribution in [2.24, 2.45) is 5.92 Å². The van der Waals surface area contributed by atoms with E-state index in [1.807, 2.05) is 43.6 Å². The van der Waals surface area contributed by atoms with Gasteiger partial charge in [-0.25, -0.2) is 9.97 Å². The van der Waals surface area contributed by atoms with Crippen molar-refractivity contribution in [2.45, 2.75) is 27.2 Å². The van der Waals surface area contributed by atoms with Gasteiger partial charge >= 0.3 is 0 Å². The average molecular weight is 409 g/mol. The Bertz CT molecular complexity index is 1330. The van der Waals surface area contributed by atoms with Crippen LogP contribution in [0.5, 0.6) is 0 Å². The number of nitriles is 1. The molecule has 1 aliphatic rings. The van der Waals surface area contributed by atoms with Crippen molar-refractivity contribution in [1.29, 1.82) is 5.26 Å². The monoisotopic (exact) mass is 408 g/mol. The maximum absolute atomic E-state index is 9.39. The molecule has 1 atom stereocenters. The molecule has 154 valence electrons. The van der Waals surface area contributed by atoms with Gasteiger partial charge in [-0.3, -0.25) is 4.98 Å². The van der Waals surface area contributed by atoms with E-state index in [0.29, 0.717) is 11.5 Å². The highest BCUT2D eigenvalue weighted by atomic mass is 15.2. The summed E-state index contributed by atoms with van der Waals surface area (Å²) in [6.45, 7) is 8.32. The highest BCUT2D eigenvalue weighted by Gasteiger charge is 2.26. The molecule has 4 aromatic rings. The first kappa shape index (κ1) is 19.3. The topological polar surface area (TPSA) is 81.5 Å². The Morgan fingerprint density at radius 3 is 2.74 bits per heavy atom. The highest BCUT2D eigenvalue weighted by Crippen LogP contribution is 2.40. The number of pyridine rings is 2. The first-order valence-electron chi connectivity index (χ1n) is 10.6. The molecule has 1 aliphatic heterocycles. The molecule has 5 rings (SSSR count). The summed E-state index contributed by atoms with van der Waals surface area (Å²) >= 11 is 0. The quantitative estimate of drug-likeness (QED) is 0.515. The smallest absolute Gasteiger partial charge is 0.178 e. The highest BCUT2D eigenvalue weighted by molar-refractivity contribution is 5.91. The summed E-state index contributed by atoms with van der Waals surface area (Å²) in [4.78, 5) is 19.9. The lowest BCUT2D eigenvalue weighted by atomic mass is 10.00. The molecule has 0 spiro atoms. The number of anilines is 1. The minimum Gasteiger partial charge on any atom is -0.370 e. The second-order valence-electron chi connectivity index (χ2n) is 8.48. The van der Waals surface area contributed by atoms with Crippen LogP contribution < -0.4 is 4.90 Å². The maximum Gasteiger partial charge on any atom is 0.178 e. The molecule has 0 radical (unpaired) electrons. The molecule has 1 aromatic carbocycles. The average Bonchev–Trinajstić information content (AvgIpc) is 3.39. The Morgan fingerprint density at radius 2 is 1.97 bits per heavy atom. The van der Waals surface area contributed by atoms with Crippen LogP contribution in [0.2, 0.25) is 0 Å². The molecule has 1 saturated heterocycles. The summed E-state index contributed by atoms with van der Waals surface area (Å²) in [6, 6.07) is 12.0. The van der Waals surface area contributed by atoms with Gasteiger partial charge in [-0.2, -0.15) is 5.26 Å². The largest absolute Gasteiger partial charge is 0.370 e. The fourth-order valence-corrected chi connectivity index (χ4v) is 4.51. The van der Waals surface area contributed by atoms with Crippen LogP contribution in [0.15, 0.2) is 42.7 Å². The lowest BCUT2D eigenvalue weighted by Gasteiger charge is -2.24. The Hall–Kier alpha value is -3.72. The molecule has 0 saturated carbocycles. The molecule has 3 aromatic heterocycles. The van der Waals surface area contributed by atoms with Gasteiger partial charge in [0.2, 0.25) is 0 Å². The van der Waals surface area contributed by atoms with Crippen molar-refractivity contribution >= 4 is 16.9 Å². The number of nitrogens with zero attached hydrogens (tertiary/aromatic N) is 5. The fourth-order valence-electron chi connectivity index (χ4n) is 4.51. The molecule has 6 nitrogen and oxygen atoms in total. The van der Waals surface area contributed by atoms with E-state index in [4.69, 9.17) is 4.98 Å². The van der Waals surface area contributed by atoms with Crippen LogP contribution >= 0.6 is 0 Å². The van der Waals surface area contributed by atoms with Crippen LogP contribution in [0.25, 0.3) is 33.7 Å². The summed E-state index contributed by atoms with van der Waals surface area (Å²) < 4.78 is 0. The van der Waals surface area contributed by atoms with Crippen LogP contribution in [0.1, 0.15) is 30.2 Å². The molecule has 1 N–H and O–H groups in total. The van der Waals surface area contributed by atoms with Crippen molar-refractivity contribution < 1.29 is 0 Å². The van der Waals surface area contributed by atoms with Crippen LogP contribution in [-0.2, 0) is 0 Å². The summed E-state index contributed by atoms with van der Waals surface area (Å²) in [5, 5.41) is 9.39. The molecule has 1 fully saturated rings. The van der Waals surface area contributed by atoms with Gasteiger partial charge in [0.1, 0.15) is 5.82 Å². The molecule has 0 aliphatic carbocycles. The molecule has 31 heavy (non-hydrogen) atoms. The first-order chi connectivity index (χ1) is 15.0. The van der Waals surface area contributed by atoms with Crippen molar-refractivity contribution in [3.05, 3.63) is 59.5 Å². The molecular weight excluding hydrogens is 384 g/mol. The minimum absolute atomic E-state index is 0.626. The van der Waals surface area contributed by atoms with Gasteiger partial charge in [-0.1, -0.05) is 19.1 Å². The number of aromatic nitrogens is 4. The fraction of sp³-hybridized carbons (Fsp3) is 0.280. The minimum atomic E-state index is 0.626. The van der Waals surface area contributed by atoms with E-state index < -0.39 is 0 Å². The Kier molecular flexibility index (Phi) is 4.67. The summed E-state index contributed by atoms with van der Waals surface area (Å²) in [5.41, 5.74) is 8.49. The van der Waals surface area contributed by atoms with Gasteiger partial charge < -0.3 is 9.88 Å². The number of imidazole rings is 1. The van der Waals surface area contributed by atoms with E-state index in [1.165, 1.54) is 0 Å². The zero-order valence-electron chi connectivity index (χ0n) is 18.0. The zero-order valence-corrected chi connectivity index (χ0v) is 18.0. The van der Waals surface area contributed by atoms with Crippen LogP contribution in [0.3, 0.4) is 0 Å². The van der Waals surface area contributed by atoms with E-state index in [1.54, 1.807) is 0 Å². The lowest BCUT2D eigenvalue weighted by Crippen LogP contribution is -2.21. The van der Waals surface area contributed by atoms with E-state index >= 15 is 0 Å². The number of nitrogens with one attached hydrogen (secondary N) is 1. The van der Waals surface area contributed by atoms with E-state index in [-0.39, 0.29) is 0 Å². The van der Waals surface area contributed by atoms with Crippen molar-refractivity contribution in [3.8, 4) is 28.6 Å². The van der Waals surface area contributed by atoms with Crippen molar-refractivity contribution in [3.63, 3.8) is 0 Å². The Labute approximate surface area is 181 Å². The maximum atomic E-state index is 9.39. The summed E-state index contributed by atoms with van der Waals surface area (Å²) in [7, 11) is 0. The standard InChI is InChI=1S/C25H24N6/c1-15-7-8-31(14-15)23-20(19-6-4-5-18(10-19)11-26)12-27-13-21(23)24-29-22-16(2)9-17(3)28-25(22)30-24/h4-6,9-10,12-13,15H,7-8,14H2,1-3H3,(H,28,29,30). The van der Waals surface area contributed by atoms with E-state index in [0.717, 1.165) is 70.1 Å². The SMILES string of the molecule is Cc1cc(C)c2[nH]c(-c3cncc(-c4cccc(C#N)c4)c3N3CCC(C)C3)nc2n1. The number of H-pyrrole nitrogens is 1. The van der Waals surface area contributed by atoms with Gasteiger partial charge in [0, 0.05) is 36.7 Å². The van der Waals surface area contributed by atoms with Crippen LogP contribution in [0, 0.1) is 31.1 Å². The normalized spacial score (nSPS) is 16.1. The van der Waals surface area contributed by atoms with Gasteiger partial charge in [-0.05, 0) is 55.5 Å². The number of aryl methyl sites for hydroxylation is 2. The first-order valence-corrected chi connectivity index (χ1v) is 10.6. The van der Waals surface area contributed by atoms with E-state index in [2.05, 4.69) is 45.8 Å². The van der Waals surface area contributed by atoms with Gasteiger partial charge in [0.05, 0.1) is 28.4 Å². The third-order valence-electron chi connectivity index (χ3n) is 6.00. The van der Waals surface area contributed by atoms with Gasteiger partial charge in [0.25, 0.3) is 0 Å². The predicted molar refractivity (Wildman–Crippen MR) is 123 cm³/mol. The number of hydrogen-bond acceptors (Lipinski definition) is 5. The Balaban J connectivity index is 1.74. The third-order valence-corrected chi connectivity index (χ3v) is 6.00. The second-order valence-corrected chi connectivity index (χ2v) is 8.48. The second kappa shape index (κ2) is 7.51. The number of fused-ring (bicyclic) bond motifs is 1. The predicted octanol–water partition coefficient (Wildman–Crippen LogP) is 5.02. The number of hydrogen-bond donors (Lipinski definition) is 1. The van der Waals surface area contributed by atoms with Crippen molar-refractivity contribution in [2.75, 3.05) is 18.0 Å². The van der Waals surface area contributed by atoms with Crippen molar-refractivity contribution in [1.82, 2.24) is 19.9 Å². The van der Waals surface area contributed by atoms with Gasteiger partial charge in [-0.15, -0.1) is 0 Å². The van der Waals surface area contributed by atoms with Gasteiger partial charge in [0.15, 0.2) is 5.65 Å². The van der Waals surface area contributed by atoms with E-state index in [9.17, 15) is 5.26 Å². The molecule has 4 heterocycles. The number of benzene rings is 1. The molecular formula is C25H24N6. The number of rotatable bonds is 3. The van der Waals surface area contributed by atoms with Crippen LogP contribution in [-0.4, -0.2) is 33.0 Å². The summed E-state index contributed by atoms with van der Waals surface area (Å²) in [5.74, 6) is 1.40. The molecule has 6 heteroatoms. The lowest BCUT2D eigenvalue weighted by molar-refractivity contribution is 0.659. The summed E-state index contributed by atoms with van der Waals surface area (Å²) in [6.07, 6.45) is 4.93. The van der Waals surface area contributed by atoms with Crippen LogP contribution in [0.4, 0.5) is 5.69 Å². The molecule has 0 bridgehead atoms. The number of aromatic amines is 1. The zero-order chi connectivity index (χ0) is 21.5. The third kappa shape index (κ3) is 3.42. The molecule has 1 unspecified atom stereocenters. The molecule has 0 amide bonds.